The van der Waals surface area contributed by atoms with E-state index in [0.717, 1.165) is 10.1 Å². The van der Waals surface area contributed by atoms with Gasteiger partial charge in [-0.25, -0.2) is 4.79 Å². The predicted molar refractivity (Wildman–Crippen MR) is 56.5 cm³/mol. The van der Waals surface area contributed by atoms with Gasteiger partial charge in [-0.15, -0.1) is 11.3 Å². The van der Waals surface area contributed by atoms with Gasteiger partial charge in [0.05, 0.1) is 9.35 Å². The molecule has 1 aromatic heterocycles. The topological polar surface area (TPSA) is 37.3 Å². The molecule has 0 spiro atoms. The van der Waals surface area contributed by atoms with Crippen molar-refractivity contribution in [1.29, 1.82) is 0 Å². The average molecular weight is 257 g/mol. The van der Waals surface area contributed by atoms with E-state index in [1.165, 1.54) is 11.3 Å². The van der Waals surface area contributed by atoms with E-state index in [4.69, 9.17) is 5.11 Å². The Labute approximate surface area is 86.9 Å². The molecule has 0 amide bonds. The maximum atomic E-state index is 10.9. The number of carbonyl (C=O) groups is 1. The summed E-state index contributed by atoms with van der Waals surface area (Å²) in [7, 11) is 0. The van der Waals surface area contributed by atoms with Gasteiger partial charge in [-0.05, 0) is 22.0 Å². The molecule has 0 aliphatic rings. The molecule has 0 saturated heterocycles. The van der Waals surface area contributed by atoms with E-state index in [1.807, 2.05) is 24.3 Å². The first-order chi connectivity index (χ1) is 6.20. The van der Waals surface area contributed by atoms with Crippen LogP contribution >= 0.6 is 27.3 Å². The molecule has 1 heterocycles. The number of aromatic carboxylic acids is 1. The van der Waals surface area contributed by atoms with Crippen molar-refractivity contribution < 1.29 is 9.90 Å². The predicted octanol–water partition coefficient (Wildman–Crippen LogP) is 3.36. The van der Waals surface area contributed by atoms with E-state index in [-0.39, 0.29) is 0 Å². The van der Waals surface area contributed by atoms with E-state index in [9.17, 15) is 4.79 Å². The Hall–Kier alpha value is -0.870. The zero-order valence-corrected chi connectivity index (χ0v) is 8.85. The van der Waals surface area contributed by atoms with E-state index in [0.29, 0.717) is 9.35 Å². The quantitative estimate of drug-likeness (QED) is 0.850. The van der Waals surface area contributed by atoms with Crippen LogP contribution in [0, 0.1) is 0 Å². The summed E-state index contributed by atoms with van der Waals surface area (Å²) in [5, 5.41) is 9.73. The second-order valence-electron chi connectivity index (χ2n) is 2.55. The molecular weight excluding hydrogens is 252 g/mol. The van der Waals surface area contributed by atoms with Crippen LogP contribution in [0.25, 0.3) is 10.1 Å². The zero-order valence-electron chi connectivity index (χ0n) is 6.45. The number of hydrogen-bond acceptors (Lipinski definition) is 2. The second-order valence-corrected chi connectivity index (χ2v) is 4.92. The summed E-state index contributed by atoms with van der Waals surface area (Å²) in [6, 6.07) is 7.47. The van der Waals surface area contributed by atoms with Gasteiger partial charge in [0.15, 0.2) is 0 Å². The van der Waals surface area contributed by atoms with Crippen molar-refractivity contribution in [3.63, 3.8) is 0 Å². The Balaban J connectivity index is 2.86. The van der Waals surface area contributed by atoms with E-state index >= 15 is 0 Å². The number of carboxylic acids is 1. The number of halogens is 1. The fourth-order valence-corrected chi connectivity index (χ4v) is 3.04. The monoisotopic (exact) mass is 256 g/mol. The highest BCUT2D eigenvalue weighted by Gasteiger charge is 2.15. The van der Waals surface area contributed by atoms with Crippen molar-refractivity contribution in [3.8, 4) is 0 Å². The second kappa shape index (κ2) is 3.12. The van der Waals surface area contributed by atoms with Crippen molar-refractivity contribution in [2.45, 2.75) is 0 Å². The van der Waals surface area contributed by atoms with Crippen LogP contribution in [0.1, 0.15) is 10.4 Å². The molecule has 0 fully saturated rings. The molecule has 2 rings (SSSR count). The fraction of sp³-hybridized carbons (Fsp3) is 0. The molecule has 0 aliphatic heterocycles. The maximum Gasteiger partial charge on any atom is 0.338 e. The van der Waals surface area contributed by atoms with Gasteiger partial charge >= 0.3 is 5.97 Å². The molecule has 0 aliphatic carbocycles. The summed E-state index contributed by atoms with van der Waals surface area (Å²) in [5.74, 6) is -0.885. The van der Waals surface area contributed by atoms with Gasteiger partial charge in [0.1, 0.15) is 0 Å². The zero-order chi connectivity index (χ0) is 9.42. The van der Waals surface area contributed by atoms with Crippen LogP contribution in [0.3, 0.4) is 0 Å². The first kappa shape index (κ1) is 8.72. The number of carboxylic acid groups (broad SMARTS) is 1. The third-order valence-electron chi connectivity index (χ3n) is 1.77. The van der Waals surface area contributed by atoms with Crippen LogP contribution in [-0.4, -0.2) is 11.1 Å². The number of thiophene rings is 1. The molecule has 2 aromatic rings. The summed E-state index contributed by atoms with van der Waals surface area (Å²) in [5.41, 5.74) is 0.362. The summed E-state index contributed by atoms with van der Waals surface area (Å²) < 4.78 is 1.67. The molecule has 1 N–H and O–H groups in total. The summed E-state index contributed by atoms with van der Waals surface area (Å²) in [6.45, 7) is 0. The Morgan fingerprint density at radius 3 is 2.77 bits per heavy atom. The smallest absolute Gasteiger partial charge is 0.338 e. The molecule has 66 valence electrons. The normalized spacial score (nSPS) is 10.5. The Bertz CT molecular complexity index is 475. The van der Waals surface area contributed by atoms with Crippen molar-refractivity contribution >= 4 is 43.3 Å². The maximum absolute atomic E-state index is 10.9. The molecule has 1 aromatic carbocycles. The largest absolute Gasteiger partial charge is 0.478 e. The van der Waals surface area contributed by atoms with Crippen LogP contribution in [0.4, 0.5) is 0 Å². The molecule has 13 heavy (non-hydrogen) atoms. The minimum absolute atomic E-state index is 0.362. The lowest BCUT2D eigenvalue weighted by Crippen LogP contribution is -1.94. The fourth-order valence-electron chi connectivity index (χ4n) is 1.21. The molecule has 0 saturated carbocycles. The van der Waals surface area contributed by atoms with Gasteiger partial charge in [-0.3, -0.25) is 0 Å². The Kier molecular flexibility index (Phi) is 2.09. The van der Waals surface area contributed by atoms with Crippen molar-refractivity contribution in [2.75, 3.05) is 0 Å². The van der Waals surface area contributed by atoms with Crippen molar-refractivity contribution in [2.24, 2.45) is 0 Å². The van der Waals surface area contributed by atoms with Crippen LogP contribution in [0.2, 0.25) is 0 Å². The first-order valence-electron chi connectivity index (χ1n) is 3.60. The van der Waals surface area contributed by atoms with Gasteiger partial charge in [0.2, 0.25) is 0 Å². The third kappa shape index (κ3) is 1.36. The number of rotatable bonds is 1. The van der Waals surface area contributed by atoms with Gasteiger partial charge in [0, 0.05) is 10.1 Å². The molecule has 0 unspecified atom stereocenters. The Morgan fingerprint density at radius 2 is 2.08 bits per heavy atom. The molecule has 4 heteroatoms. The highest BCUT2D eigenvalue weighted by atomic mass is 79.9. The van der Waals surface area contributed by atoms with Gasteiger partial charge in [0.25, 0.3) is 0 Å². The molecule has 0 radical (unpaired) electrons. The van der Waals surface area contributed by atoms with Crippen LogP contribution < -0.4 is 0 Å². The number of benzene rings is 1. The van der Waals surface area contributed by atoms with Gasteiger partial charge in [-0.2, -0.15) is 0 Å². The third-order valence-corrected chi connectivity index (χ3v) is 3.61. The lowest BCUT2D eigenvalue weighted by molar-refractivity contribution is 0.0698. The van der Waals surface area contributed by atoms with E-state index in [1.54, 1.807) is 0 Å². The summed E-state index contributed by atoms with van der Waals surface area (Å²) in [6.07, 6.45) is 0. The van der Waals surface area contributed by atoms with Crippen molar-refractivity contribution in [3.05, 3.63) is 33.6 Å². The van der Waals surface area contributed by atoms with Crippen molar-refractivity contribution in [1.82, 2.24) is 0 Å². The van der Waals surface area contributed by atoms with Crippen LogP contribution in [0.15, 0.2) is 28.1 Å². The molecule has 0 bridgehead atoms. The van der Waals surface area contributed by atoms with Gasteiger partial charge in [-0.1, -0.05) is 18.2 Å². The van der Waals surface area contributed by atoms with Crippen LogP contribution in [-0.2, 0) is 0 Å². The number of hydrogen-bond donors (Lipinski definition) is 1. The molecule has 0 atom stereocenters. The van der Waals surface area contributed by atoms with E-state index in [2.05, 4.69) is 15.9 Å². The molecule has 2 nitrogen and oxygen atoms in total. The minimum Gasteiger partial charge on any atom is -0.478 e. The number of fused-ring (bicyclic) bond motifs is 1. The minimum atomic E-state index is -0.885. The highest BCUT2D eigenvalue weighted by molar-refractivity contribution is 9.11. The summed E-state index contributed by atoms with van der Waals surface area (Å²) in [4.78, 5) is 10.9. The lowest BCUT2D eigenvalue weighted by Gasteiger charge is -1.91. The SMILES string of the molecule is O=C(O)c1c(Br)sc2ccccc12. The average Bonchev–Trinajstić information content (AvgIpc) is 2.39. The molecular formula is C9H5BrO2S. The highest BCUT2D eigenvalue weighted by Crippen LogP contribution is 2.34. The van der Waals surface area contributed by atoms with Gasteiger partial charge < -0.3 is 5.11 Å². The summed E-state index contributed by atoms with van der Waals surface area (Å²) >= 11 is 4.69. The lowest BCUT2D eigenvalue weighted by atomic mass is 10.2. The van der Waals surface area contributed by atoms with E-state index < -0.39 is 5.97 Å². The first-order valence-corrected chi connectivity index (χ1v) is 5.21. The van der Waals surface area contributed by atoms with Crippen LogP contribution in [0.5, 0.6) is 0 Å². The standard InChI is InChI=1S/C9H5BrO2S/c10-8-7(9(11)12)5-3-1-2-4-6(5)13-8/h1-4H,(H,11,12). The Morgan fingerprint density at radius 1 is 1.38 bits per heavy atom.